The Bertz CT molecular complexity index is 912. The molecule has 0 saturated carbocycles. The number of benzene rings is 2. The highest BCUT2D eigenvalue weighted by molar-refractivity contribution is 7.85. The minimum absolute atomic E-state index is 0.0742. The van der Waals surface area contributed by atoms with E-state index in [1.807, 2.05) is 36.4 Å². The van der Waals surface area contributed by atoms with E-state index in [-0.39, 0.29) is 12.0 Å². The molecule has 1 atom stereocenters. The molecule has 172 valence electrons. The molecule has 9 heteroatoms. The van der Waals surface area contributed by atoms with Gasteiger partial charge in [-0.2, -0.15) is 8.42 Å². The molecule has 31 heavy (non-hydrogen) atoms. The summed E-state index contributed by atoms with van der Waals surface area (Å²) in [4.78, 5) is 0. The Morgan fingerprint density at radius 1 is 0.903 bits per heavy atom. The summed E-state index contributed by atoms with van der Waals surface area (Å²) in [5.41, 5.74) is 1.71. The maximum absolute atomic E-state index is 12.3. The quantitative estimate of drug-likeness (QED) is 0.385. The molecule has 2 aromatic rings. The summed E-state index contributed by atoms with van der Waals surface area (Å²) in [5, 5.41) is 9.14. The van der Waals surface area contributed by atoms with E-state index in [9.17, 15) is 17.2 Å². The smallest absolute Gasteiger partial charge is 0.267 e. The lowest BCUT2D eigenvalue weighted by Gasteiger charge is -2.26. The number of hydrogen-bond donors (Lipinski definition) is 1. The number of hydrogen-bond acceptors (Lipinski definition) is 6. The van der Waals surface area contributed by atoms with Crippen LogP contribution in [0.4, 0.5) is 8.78 Å². The Hall–Kier alpha value is -2.23. The lowest BCUT2D eigenvalue weighted by Crippen LogP contribution is -2.25. The molecule has 0 amide bonds. The van der Waals surface area contributed by atoms with Crippen molar-refractivity contribution in [3.8, 4) is 11.5 Å². The topological polar surface area (TPSA) is 82.1 Å². The van der Waals surface area contributed by atoms with Gasteiger partial charge < -0.3 is 14.6 Å². The van der Waals surface area contributed by atoms with Crippen molar-refractivity contribution in [1.82, 2.24) is 0 Å². The second-order valence-corrected chi connectivity index (χ2v) is 9.26. The fraction of sp³-hybridized carbons (Fsp3) is 0.455. The fourth-order valence-corrected chi connectivity index (χ4v) is 3.24. The van der Waals surface area contributed by atoms with Crippen molar-refractivity contribution < 1.29 is 36.0 Å². The van der Waals surface area contributed by atoms with Crippen LogP contribution in [-0.2, 0) is 19.7 Å². The van der Waals surface area contributed by atoms with Crippen LogP contribution in [0.25, 0.3) is 0 Å². The molecule has 2 rings (SSSR count). The summed E-state index contributed by atoms with van der Waals surface area (Å²) in [6.07, 6.45) is -3.20. The molecule has 0 saturated heterocycles. The molecule has 0 aliphatic heterocycles. The van der Waals surface area contributed by atoms with E-state index >= 15 is 0 Å². The summed E-state index contributed by atoms with van der Waals surface area (Å²) in [7, 11) is -3.44. The molecule has 1 unspecified atom stereocenters. The predicted molar refractivity (Wildman–Crippen MR) is 113 cm³/mol. The van der Waals surface area contributed by atoms with Crippen molar-refractivity contribution in [1.29, 1.82) is 0 Å². The SMILES string of the molecule is CC(C)(c1ccc(OCCCOS(C)(=O)=O)cc1)c1ccc(OCC(O)C(F)F)cc1. The number of alkyl halides is 2. The van der Waals surface area contributed by atoms with Gasteiger partial charge in [-0.05, 0) is 35.4 Å². The van der Waals surface area contributed by atoms with Crippen LogP contribution in [0.1, 0.15) is 31.4 Å². The highest BCUT2D eigenvalue weighted by Gasteiger charge is 2.23. The van der Waals surface area contributed by atoms with Crippen LogP contribution in [0.15, 0.2) is 48.5 Å². The Morgan fingerprint density at radius 2 is 1.39 bits per heavy atom. The zero-order valence-electron chi connectivity index (χ0n) is 17.8. The van der Waals surface area contributed by atoms with Crippen LogP contribution in [0.3, 0.4) is 0 Å². The molecule has 0 bridgehead atoms. The molecular weight excluding hydrogens is 430 g/mol. The van der Waals surface area contributed by atoms with Crippen LogP contribution in [0.2, 0.25) is 0 Å². The first-order valence-corrected chi connectivity index (χ1v) is 11.6. The fourth-order valence-electron chi connectivity index (χ4n) is 2.82. The zero-order valence-corrected chi connectivity index (χ0v) is 18.6. The first-order chi connectivity index (χ1) is 14.5. The van der Waals surface area contributed by atoms with Crippen molar-refractivity contribution in [2.75, 3.05) is 26.1 Å². The normalized spacial score (nSPS) is 13.3. The molecule has 0 aromatic heterocycles. The molecule has 0 fully saturated rings. The molecule has 1 N–H and O–H groups in total. The summed E-state index contributed by atoms with van der Waals surface area (Å²) < 4.78 is 62.0. The van der Waals surface area contributed by atoms with Crippen molar-refractivity contribution in [3.05, 3.63) is 59.7 Å². The van der Waals surface area contributed by atoms with E-state index in [0.717, 1.165) is 17.4 Å². The average Bonchev–Trinajstić information content (AvgIpc) is 2.71. The zero-order chi connectivity index (χ0) is 23.1. The Labute approximate surface area is 181 Å². The molecule has 0 radical (unpaired) electrons. The second-order valence-electron chi connectivity index (χ2n) is 7.61. The number of rotatable bonds is 12. The Balaban J connectivity index is 1.92. The molecule has 0 aliphatic rings. The first kappa shape index (κ1) is 25.0. The van der Waals surface area contributed by atoms with Crippen molar-refractivity contribution >= 4 is 10.1 Å². The standard InChI is InChI=1S/C22H28F2O6S/c1-22(2,17-7-11-19(12-8-17)29-15-20(25)21(23)24)16-5-9-18(10-6-16)28-13-4-14-30-31(3,26)27/h5-12,20-21,25H,4,13-15H2,1-3H3. The number of aliphatic hydroxyl groups excluding tert-OH is 1. The third-order valence-electron chi connectivity index (χ3n) is 4.72. The number of ether oxygens (including phenoxy) is 2. The summed E-state index contributed by atoms with van der Waals surface area (Å²) >= 11 is 0. The van der Waals surface area contributed by atoms with Gasteiger partial charge >= 0.3 is 0 Å². The van der Waals surface area contributed by atoms with E-state index < -0.39 is 29.3 Å². The predicted octanol–water partition coefficient (Wildman–Crippen LogP) is 3.76. The van der Waals surface area contributed by atoms with Crippen molar-refractivity contribution in [2.24, 2.45) is 0 Å². The highest BCUT2D eigenvalue weighted by atomic mass is 32.2. The molecule has 0 spiro atoms. The maximum atomic E-state index is 12.3. The third kappa shape index (κ3) is 8.08. The lowest BCUT2D eigenvalue weighted by molar-refractivity contribution is -0.0283. The van der Waals surface area contributed by atoms with Crippen LogP contribution in [-0.4, -0.2) is 52.1 Å². The Morgan fingerprint density at radius 3 is 1.84 bits per heavy atom. The van der Waals surface area contributed by atoms with Crippen LogP contribution in [0.5, 0.6) is 11.5 Å². The van der Waals surface area contributed by atoms with Gasteiger partial charge in [-0.15, -0.1) is 0 Å². The maximum Gasteiger partial charge on any atom is 0.267 e. The van der Waals surface area contributed by atoms with Gasteiger partial charge in [-0.25, -0.2) is 8.78 Å². The third-order valence-corrected chi connectivity index (χ3v) is 5.31. The minimum atomic E-state index is -3.44. The highest BCUT2D eigenvalue weighted by Crippen LogP contribution is 2.33. The van der Waals surface area contributed by atoms with Crippen LogP contribution < -0.4 is 9.47 Å². The van der Waals surface area contributed by atoms with E-state index in [2.05, 4.69) is 18.0 Å². The summed E-state index contributed by atoms with van der Waals surface area (Å²) in [6, 6.07) is 14.7. The lowest BCUT2D eigenvalue weighted by atomic mass is 9.78. The van der Waals surface area contributed by atoms with Crippen molar-refractivity contribution in [2.45, 2.75) is 38.2 Å². The van der Waals surface area contributed by atoms with E-state index in [0.29, 0.717) is 24.5 Å². The molecule has 6 nitrogen and oxygen atoms in total. The van der Waals surface area contributed by atoms with Gasteiger partial charge in [0.2, 0.25) is 0 Å². The van der Waals surface area contributed by atoms with Crippen molar-refractivity contribution in [3.63, 3.8) is 0 Å². The second kappa shape index (κ2) is 10.9. The molecule has 0 aliphatic carbocycles. The Kier molecular flexibility index (Phi) is 8.79. The van der Waals surface area contributed by atoms with E-state index in [1.54, 1.807) is 12.1 Å². The van der Waals surface area contributed by atoms with Gasteiger partial charge in [-0.3, -0.25) is 4.18 Å². The van der Waals surface area contributed by atoms with Gasteiger partial charge in [0.05, 0.1) is 19.5 Å². The summed E-state index contributed by atoms with van der Waals surface area (Å²) in [6.45, 7) is 4.05. The van der Waals surface area contributed by atoms with Gasteiger partial charge in [-0.1, -0.05) is 38.1 Å². The molecule has 0 heterocycles. The van der Waals surface area contributed by atoms with Crippen LogP contribution in [0, 0.1) is 0 Å². The number of aliphatic hydroxyl groups is 1. The van der Waals surface area contributed by atoms with Gasteiger partial charge in [0, 0.05) is 11.8 Å². The molecule has 2 aromatic carbocycles. The monoisotopic (exact) mass is 458 g/mol. The average molecular weight is 459 g/mol. The minimum Gasteiger partial charge on any atom is -0.494 e. The largest absolute Gasteiger partial charge is 0.494 e. The first-order valence-electron chi connectivity index (χ1n) is 9.76. The van der Waals surface area contributed by atoms with Crippen LogP contribution >= 0.6 is 0 Å². The molecular formula is C22H28F2O6S. The van der Waals surface area contributed by atoms with Gasteiger partial charge in [0.15, 0.2) is 0 Å². The van der Waals surface area contributed by atoms with E-state index in [1.165, 1.54) is 0 Å². The number of halogens is 2. The van der Waals surface area contributed by atoms with E-state index in [4.69, 9.17) is 14.6 Å². The van der Waals surface area contributed by atoms with Gasteiger partial charge in [0.1, 0.15) is 24.2 Å². The van der Waals surface area contributed by atoms with Gasteiger partial charge in [0.25, 0.3) is 16.5 Å². The summed E-state index contributed by atoms with van der Waals surface area (Å²) in [5.74, 6) is 1.07.